The number of benzene rings is 1. The summed E-state index contributed by atoms with van der Waals surface area (Å²) in [6, 6.07) is 7.90. The Kier molecular flexibility index (Phi) is 5.93. The molecule has 0 aliphatic rings. The number of hydrogen-bond donors (Lipinski definition) is 0. The first-order chi connectivity index (χ1) is 9.34. The maximum atomic E-state index is 12.7. The van der Waals surface area contributed by atoms with Crippen molar-refractivity contribution in [2.24, 2.45) is 0 Å². The highest BCUT2D eigenvalue weighted by Gasteiger charge is 2.23. The van der Waals surface area contributed by atoms with Crippen LogP contribution in [0.5, 0.6) is 0 Å². The van der Waals surface area contributed by atoms with Crippen LogP contribution in [0.15, 0.2) is 24.3 Å². The van der Waals surface area contributed by atoms with Gasteiger partial charge in [0.05, 0.1) is 0 Å². The predicted octanol–water partition coefficient (Wildman–Crippen LogP) is 3.47. The Bertz CT molecular complexity index is 470. The molecule has 20 heavy (non-hydrogen) atoms. The van der Waals surface area contributed by atoms with Crippen molar-refractivity contribution in [1.82, 2.24) is 4.90 Å². The van der Waals surface area contributed by atoms with Crippen molar-refractivity contribution >= 4 is 11.7 Å². The first-order valence-electron chi connectivity index (χ1n) is 7.24. The zero-order valence-electron chi connectivity index (χ0n) is 13.1. The van der Waals surface area contributed by atoms with Gasteiger partial charge in [-0.2, -0.15) is 0 Å². The maximum Gasteiger partial charge on any atom is 0.254 e. The van der Waals surface area contributed by atoms with E-state index in [1.807, 2.05) is 56.9 Å². The minimum atomic E-state index is 0.0501. The number of rotatable bonds is 6. The summed E-state index contributed by atoms with van der Waals surface area (Å²) in [6.45, 7) is 9.68. The summed E-state index contributed by atoms with van der Waals surface area (Å²) in [4.78, 5) is 25.8. The van der Waals surface area contributed by atoms with E-state index in [1.54, 1.807) is 6.92 Å². The number of hydrogen-bond acceptors (Lipinski definition) is 2. The Hall–Kier alpha value is -1.64. The van der Waals surface area contributed by atoms with Gasteiger partial charge in [-0.25, -0.2) is 0 Å². The molecule has 1 rings (SSSR count). The van der Waals surface area contributed by atoms with Gasteiger partial charge in [0.25, 0.3) is 5.91 Å². The predicted molar refractivity (Wildman–Crippen MR) is 81.9 cm³/mol. The fourth-order valence-corrected chi connectivity index (χ4v) is 2.46. The van der Waals surface area contributed by atoms with Crippen molar-refractivity contribution in [2.45, 2.75) is 59.5 Å². The van der Waals surface area contributed by atoms with Gasteiger partial charge in [0, 0.05) is 24.1 Å². The SMILES string of the molecule is CC(=O)CCc1ccccc1C(=O)N(C(C)C)C(C)C. The number of nitrogens with zero attached hydrogens (tertiary/aromatic N) is 1. The minimum Gasteiger partial charge on any atom is -0.334 e. The van der Waals surface area contributed by atoms with Crippen molar-refractivity contribution < 1.29 is 9.59 Å². The molecule has 0 radical (unpaired) electrons. The van der Waals surface area contributed by atoms with Crippen LogP contribution in [0, 0.1) is 0 Å². The molecule has 0 unspecified atom stereocenters. The summed E-state index contributed by atoms with van der Waals surface area (Å²) in [5.74, 6) is 0.200. The number of carbonyl (C=O) groups excluding carboxylic acids is 2. The van der Waals surface area contributed by atoms with Gasteiger partial charge in [-0.1, -0.05) is 18.2 Å². The van der Waals surface area contributed by atoms with E-state index in [4.69, 9.17) is 0 Å². The molecular weight excluding hydrogens is 250 g/mol. The Morgan fingerprint density at radius 2 is 1.60 bits per heavy atom. The van der Waals surface area contributed by atoms with E-state index in [2.05, 4.69) is 0 Å². The van der Waals surface area contributed by atoms with Crippen molar-refractivity contribution in [3.05, 3.63) is 35.4 Å². The molecule has 1 aromatic rings. The van der Waals surface area contributed by atoms with Gasteiger partial charge in [-0.05, 0) is 52.7 Å². The number of Topliss-reactive ketones (excluding diaryl/α,β-unsaturated/α-hetero) is 1. The van der Waals surface area contributed by atoms with Crippen LogP contribution in [0.1, 0.15) is 57.0 Å². The third-order valence-corrected chi connectivity index (χ3v) is 3.34. The van der Waals surface area contributed by atoms with Crippen molar-refractivity contribution in [3.63, 3.8) is 0 Å². The van der Waals surface area contributed by atoms with Crippen LogP contribution in [0.3, 0.4) is 0 Å². The molecule has 1 aromatic carbocycles. The lowest BCUT2D eigenvalue weighted by molar-refractivity contribution is -0.116. The Labute approximate surface area is 122 Å². The molecule has 0 saturated carbocycles. The summed E-state index contributed by atoms with van der Waals surface area (Å²) in [5.41, 5.74) is 1.68. The van der Waals surface area contributed by atoms with Crippen LogP contribution in [0.2, 0.25) is 0 Å². The minimum absolute atomic E-state index is 0.0501. The highest BCUT2D eigenvalue weighted by atomic mass is 16.2. The second-order valence-corrected chi connectivity index (χ2v) is 5.76. The lowest BCUT2D eigenvalue weighted by Crippen LogP contribution is -2.42. The van der Waals surface area contributed by atoms with Gasteiger partial charge < -0.3 is 9.69 Å². The van der Waals surface area contributed by atoms with Gasteiger partial charge in [0.1, 0.15) is 5.78 Å². The largest absolute Gasteiger partial charge is 0.334 e. The molecule has 0 atom stereocenters. The van der Waals surface area contributed by atoms with Crippen LogP contribution < -0.4 is 0 Å². The van der Waals surface area contributed by atoms with Crippen molar-refractivity contribution in [3.8, 4) is 0 Å². The number of carbonyl (C=O) groups is 2. The molecule has 0 N–H and O–H groups in total. The molecule has 3 nitrogen and oxygen atoms in total. The zero-order chi connectivity index (χ0) is 15.3. The lowest BCUT2D eigenvalue weighted by Gasteiger charge is -2.31. The highest BCUT2D eigenvalue weighted by Crippen LogP contribution is 2.17. The van der Waals surface area contributed by atoms with Gasteiger partial charge in [-0.3, -0.25) is 4.79 Å². The zero-order valence-corrected chi connectivity index (χ0v) is 13.1. The Balaban J connectivity index is 3.05. The monoisotopic (exact) mass is 275 g/mol. The normalized spacial score (nSPS) is 10.9. The van der Waals surface area contributed by atoms with E-state index in [1.165, 1.54) is 0 Å². The van der Waals surface area contributed by atoms with Gasteiger partial charge in [-0.15, -0.1) is 0 Å². The topological polar surface area (TPSA) is 37.4 Å². The molecule has 0 aromatic heterocycles. The lowest BCUT2D eigenvalue weighted by atomic mass is 10.00. The van der Waals surface area contributed by atoms with Crippen LogP contribution in [0.25, 0.3) is 0 Å². The van der Waals surface area contributed by atoms with E-state index < -0.39 is 0 Å². The molecule has 0 fully saturated rings. The molecule has 3 heteroatoms. The molecule has 0 aliphatic carbocycles. The average Bonchev–Trinajstić information content (AvgIpc) is 2.35. The van der Waals surface area contributed by atoms with E-state index >= 15 is 0 Å². The van der Waals surface area contributed by atoms with Gasteiger partial charge >= 0.3 is 0 Å². The van der Waals surface area contributed by atoms with Gasteiger partial charge in [0.2, 0.25) is 0 Å². The molecule has 0 aliphatic heterocycles. The van der Waals surface area contributed by atoms with Crippen LogP contribution in [0.4, 0.5) is 0 Å². The molecule has 0 saturated heterocycles. The number of amides is 1. The first kappa shape index (κ1) is 16.4. The van der Waals surface area contributed by atoms with E-state index in [-0.39, 0.29) is 23.8 Å². The summed E-state index contributed by atoms with van der Waals surface area (Å²) < 4.78 is 0. The van der Waals surface area contributed by atoms with Crippen LogP contribution in [-0.2, 0) is 11.2 Å². The third kappa shape index (κ3) is 4.19. The van der Waals surface area contributed by atoms with Crippen molar-refractivity contribution in [2.75, 3.05) is 0 Å². The summed E-state index contributed by atoms with van der Waals surface area (Å²) >= 11 is 0. The summed E-state index contributed by atoms with van der Waals surface area (Å²) in [6.07, 6.45) is 1.11. The Morgan fingerprint density at radius 1 is 1.05 bits per heavy atom. The second-order valence-electron chi connectivity index (χ2n) is 5.76. The fraction of sp³-hybridized carbons (Fsp3) is 0.529. The second kappa shape index (κ2) is 7.22. The smallest absolute Gasteiger partial charge is 0.254 e. The summed E-state index contributed by atoms with van der Waals surface area (Å²) in [5, 5.41) is 0. The quantitative estimate of drug-likeness (QED) is 0.797. The third-order valence-electron chi connectivity index (χ3n) is 3.34. The molecule has 1 amide bonds. The maximum absolute atomic E-state index is 12.7. The standard InChI is InChI=1S/C17H25NO2/c1-12(2)18(13(3)4)17(20)16-9-7-6-8-15(16)11-10-14(5)19/h6-9,12-13H,10-11H2,1-5H3. The van der Waals surface area contributed by atoms with E-state index in [0.29, 0.717) is 12.8 Å². The van der Waals surface area contributed by atoms with Crippen LogP contribution in [-0.4, -0.2) is 28.7 Å². The van der Waals surface area contributed by atoms with Crippen LogP contribution >= 0.6 is 0 Å². The molecule has 0 bridgehead atoms. The molecular formula is C17H25NO2. The van der Waals surface area contributed by atoms with Crippen molar-refractivity contribution in [1.29, 1.82) is 0 Å². The average molecular weight is 275 g/mol. The fourth-order valence-electron chi connectivity index (χ4n) is 2.46. The highest BCUT2D eigenvalue weighted by molar-refractivity contribution is 5.96. The van der Waals surface area contributed by atoms with E-state index in [9.17, 15) is 9.59 Å². The summed E-state index contributed by atoms with van der Waals surface area (Å²) in [7, 11) is 0. The van der Waals surface area contributed by atoms with E-state index in [0.717, 1.165) is 11.1 Å². The van der Waals surface area contributed by atoms with Gasteiger partial charge in [0.15, 0.2) is 0 Å². The number of aryl methyl sites for hydroxylation is 1. The molecule has 0 heterocycles. The molecule has 110 valence electrons. The first-order valence-corrected chi connectivity index (χ1v) is 7.24. The molecule has 0 spiro atoms. The number of ketones is 1. The Morgan fingerprint density at radius 3 is 2.10 bits per heavy atom.